The smallest absolute Gasteiger partial charge is 0.271 e. The number of piperazine rings is 1. The summed E-state index contributed by atoms with van der Waals surface area (Å²) in [5.41, 5.74) is 4.94. The maximum absolute atomic E-state index is 14.4. The molecule has 8 rings (SSSR count). The number of fused-ring (bicyclic) bond motifs is 4. The Labute approximate surface area is 458 Å². The molecule has 0 radical (unpaired) electrons. The van der Waals surface area contributed by atoms with Gasteiger partial charge in [-0.1, -0.05) is 43.0 Å². The fourth-order valence-electron chi connectivity index (χ4n) is 10.3. The van der Waals surface area contributed by atoms with Gasteiger partial charge in [-0.15, -0.1) is 21.5 Å². The van der Waals surface area contributed by atoms with Gasteiger partial charge in [0.25, 0.3) is 11.8 Å². The third-order valence-corrected chi connectivity index (χ3v) is 16.3. The van der Waals surface area contributed by atoms with Crippen LogP contribution in [0.1, 0.15) is 106 Å². The lowest BCUT2D eigenvalue weighted by molar-refractivity contribution is -0.140. The Hall–Kier alpha value is -6.23. The summed E-state index contributed by atoms with van der Waals surface area (Å²) in [4.78, 5) is 78.6. The summed E-state index contributed by atoms with van der Waals surface area (Å²) in [6.07, 6.45) is 4.98. The number of aryl methyl sites for hydroxylation is 3. The molecule has 1 aliphatic carbocycles. The van der Waals surface area contributed by atoms with Gasteiger partial charge in [0.1, 0.15) is 34.4 Å². The Balaban J connectivity index is 0.761. The molecule has 0 bridgehead atoms. The number of hydrogen-bond donors (Lipinski definition) is 4. The summed E-state index contributed by atoms with van der Waals surface area (Å²) < 4.78 is 26.4. The molecule has 3 aromatic heterocycles. The van der Waals surface area contributed by atoms with Crippen molar-refractivity contribution in [2.24, 2.45) is 18.0 Å². The molecule has 5 aromatic rings. The van der Waals surface area contributed by atoms with Crippen LogP contribution in [-0.2, 0) is 35.6 Å². The van der Waals surface area contributed by atoms with E-state index in [4.69, 9.17) is 35.5 Å². The van der Waals surface area contributed by atoms with E-state index in [2.05, 4.69) is 45.3 Å². The minimum atomic E-state index is -0.626. The molecule has 5 heterocycles. The van der Waals surface area contributed by atoms with Gasteiger partial charge in [-0.3, -0.25) is 33.5 Å². The number of methoxy groups -OCH3 is 1. The van der Waals surface area contributed by atoms with E-state index in [1.807, 2.05) is 35.8 Å². The first-order valence-electron chi connectivity index (χ1n) is 26.6. The number of halogens is 1. The number of ether oxygens (including phenoxy) is 4. The monoisotopic (exact) mass is 1100 g/mol. The zero-order valence-corrected chi connectivity index (χ0v) is 46.7. The SMILES string of the molecule is CN[C@@H](C)C(=O)NC(C(=O)N1CCN(C(=O)c2c(C(=O)NCCOCCOCCOCCNC(=O)C[C@@H]3N=C(c4ccc(Cl)cc4)c4c(sc(C)c4C)-n4c(C)nnc43)c3ccc(OC)cc3n2C)CC1)C1CCCCC1. The molecule has 20 nitrogen and oxygen atoms in total. The largest absolute Gasteiger partial charge is 0.497 e. The van der Waals surface area contributed by atoms with Crippen molar-refractivity contribution in [2.75, 3.05) is 93.1 Å². The van der Waals surface area contributed by atoms with E-state index in [0.717, 1.165) is 65.3 Å². The van der Waals surface area contributed by atoms with Crippen molar-refractivity contribution in [3.8, 4) is 10.8 Å². The van der Waals surface area contributed by atoms with Crippen LogP contribution < -0.4 is 26.0 Å². The topological polar surface area (TPSA) is 225 Å². The number of carbonyl (C=O) groups is 5. The number of benzene rings is 2. The maximum Gasteiger partial charge on any atom is 0.271 e. The van der Waals surface area contributed by atoms with Gasteiger partial charge in [0.15, 0.2) is 5.82 Å². The van der Waals surface area contributed by atoms with Crippen LogP contribution in [0.25, 0.3) is 15.9 Å². The number of thiophene rings is 1. The zero-order valence-electron chi connectivity index (χ0n) is 45.2. The van der Waals surface area contributed by atoms with Gasteiger partial charge >= 0.3 is 0 Å². The molecule has 22 heteroatoms. The molecule has 1 saturated heterocycles. The minimum absolute atomic E-state index is 0.0575. The molecule has 5 amide bonds. The number of aromatic nitrogens is 4. The van der Waals surface area contributed by atoms with Gasteiger partial charge in [0.05, 0.1) is 76.0 Å². The predicted octanol–water partition coefficient (Wildman–Crippen LogP) is 5.24. The molecule has 2 aliphatic heterocycles. The van der Waals surface area contributed by atoms with Gasteiger partial charge < -0.3 is 54.6 Å². The number of aliphatic imine (C=N–C) groups is 1. The Morgan fingerprint density at radius 2 is 1.48 bits per heavy atom. The molecular weight excluding hydrogens is 1030 g/mol. The average Bonchev–Trinajstić information content (AvgIpc) is 4.07. The van der Waals surface area contributed by atoms with Crippen LogP contribution >= 0.6 is 22.9 Å². The molecular formula is C55H72ClN11O9S. The van der Waals surface area contributed by atoms with E-state index in [-0.39, 0.29) is 86.7 Å². The maximum atomic E-state index is 14.4. The van der Waals surface area contributed by atoms with Crippen molar-refractivity contribution in [3.63, 3.8) is 0 Å². The number of nitrogens with one attached hydrogen (secondary N) is 4. The summed E-state index contributed by atoms with van der Waals surface area (Å²) in [5, 5.41) is 23.0. The highest BCUT2D eigenvalue weighted by Crippen LogP contribution is 2.40. The molecule has 2 aromatic carbocycles. The van der Waals surface area contributed by atoms with Crippen LogP contribution in [0.3, 0.4) is 0 Å². The molecule has 3 atom stereocenters. The van der Waals surface area contributed by atoms with Gasteiger partial charge in [0.2, 0.25) is 17.7 Å². The Kier molecular flexibility index (Phi) is 19.5. The van der Waals surface area contributed by atoms with Crippen molar-refractivity contribution in [1.82, 2.24) is 50.4 Å². The first kappa shape index (κ1) is 57.0. The molecule has 2 fully saturated rings. The molecule has 414 valence electrons. The van der Waals surface area contributed by atoms with E-state index in [9.17, 15) is 24.0 Å². The molecule has 77 heavy (non-hydrogen) atoms. The normalized spacial score (nSPS) is 16.5. The van der Waals surface area contributed by atoms with Crippen molar-refractivity contribution >= 4 is 69.1 Å². The molecule has 1 saturated carbocycles. The summed E-state index contributed by atoms with van der Waals surface area (Å²) in [7, 11) is 5.03. The van der Waals surface area contributed by atoms with Crippen molar-refractivity contribution in [2.45, 2.75) is 84.3 Å². The van der Waals surface area contributed by atoms with Gasteiger partial charge in [0, 0.05) is 78.8 Å². The molecule has 1 unspecified atom stereocenters. The summed E-state index contributed by atoms with van der Waals surface area (Å²) >= 11 is 7.90. The number of rotatable bonds is 23. The predicted molar refractivity (Wildman–Crippen MR) is 295 cm³/mol. The van der Waals surface area contributed by atoms with Crippen LogP contribution in [0.4, 0.5) is 0 Å². The second-order valence-corrected chi connectivity index (χ2v) is 21.4. The van der Waals surface area contributed by atoms with E-state index >= 15 is 0 Å². The van der Waals surface area contributed by atoms with E-state index in [0.29, 0.717) is 67.0 Å². The highest BCUT2D eigenvalue weighted by atomic mass is 35.5. The van der Waals surface area contributed by atoms with Crippen LogP contribution in [0.5, 0.6) is 5.75 Å². The van der Waals surface area contributed by atoms with Crippen LogP contribution in [-0.4, -0.2) is 170 Å². The van der Waals surface area contributed by atoms with Crippen molar-refractivity contribution < 1.29 is 42.9 Å². The van der Waals surface area contributed by atoms with Crippen molar-refractivity contribution in [3.05, 3.63) is 92.0 Å². The van der Waals surface area contributed by atoms with Gasteiger partial charge in [-0.2, -0.15) is 0 Å². The number of likely N-dealkylation sites (N-methyl/N-ethyl adjacent to an activating group) is 1. The lowest BCUT2D eigenvalue weighted by Gasteiger charge is -2.39. The fourth-order valence-corrected chi connectivity index (χ4v) is 11.6. The van der Waals surface area contributed by atoms with Crippen LogP contribution in [0, 0.1) is 26.7 Å². The number of hydrogen-bond acceptors (Lipinski definition) is 14. The fraction of sp³-hybridized carbons (Fsp3) is 0.527. The number of amides is 5. The number of nitrogens with zero attached hydrogens (tertiary/aromatic N) is 7. The average molecular weight is 1100 g/mol. The highest BCUT2D eigenvalue weighted by Gasteiger charge is 2.38. The summed E-state index contributed by atoms with van der Waals surface area (Å²) in [5.74, 6) is 0.702. The third kappa shape index (κ3) is 13.2. The Morgan fingerprint density at radius 1 is 0.831 bits per heavy atom. The summed E-state index contributed by atoms with van der Waals surface area (Å²) in [6.45, 7) is 11.2. The zero-order chi connectivity index (χ0) is 54.8. The first-order valence-corrected chi connectivity index (χ1v) is 27.8. The van der Waals surface area contributed by atoms with E-state index in [1.54, 1.807) is 72.0 Å². The highest BCUT2D eigenvalue weighted by molar-refractivity contribution is 7.15. The Morgan fingerprint density at radius 3 is 2.14 bits per heavy atom. The second kappa shape index (κ2) is 26.4. The standard InChI is InChI=1S/C55H72ClN11O9S/c1-33-35(3)77-55-45(33)47(38-13-15-39(56)16-14-38)60-42(50-63-62-36(4)67(50)55)32-44(68)58-19-25-74-27-29-76-30-28-75-26-20-59-52(70)46-41-18-17-40(73-7)31-43(41)64(6)49(46)54(72)66-23-21-65(22-24-66)53(71)48(37-11-9-8-10-12-37)61-51(69)34(2)57-5/h13-18,31,34,37,42,48,57H,8-12,19-30,32H2,1-7H3,(H,58,68)(H,59,70)(H,61,69)/t34-,42-,48?/m0/s1. The molecule has 3 aliphatic rings. The van der Waals surface area contributed by atoms with E-state index < -0.39 is 24.0 Å². The molecule has 0 spiro atoms. The molecule has 4 N–H and O–H groups in total. The van der Waals surface area contributed by atoms with Crippen LogP contribution in [0.2, 0.25) is 5.02 Å². The lowest BCUT2D eigenvalue weighted by atomic mass is 9.83. The summed E-state index contributed by atoms with van der Waals surface area (Å²) in [6, 6.07) is 11.3. The van der Waals surface area contributed by atoms with Crippen molar-refractivity contribution in [1.29, 1.82) is 0 Å². The quantitative estimate of drug-likeness (QED) is 0.0617. The van der Waals surface area contributed by atoms with Crippen LogP contribution in [0.15, 0.2) is 47.5 Å². The minimum Gasteiger partial charge on any atom is -0.497 e. The first-order chi connectivity index (χ1) is 37.2. The van der Waals surface area contributed by atoms with Gasteiger partial charge in [-0.25, -0.2) is 0 Å². The second-order valence-electron chi connectivity index (χ2n) is 19.7. The number of carbonyl (C=O) groups excluding carboxylic acids is 5. The van der Waals surface area contributed by atoms with Gasteiger partial charge in [-0.05, 0) is 83.3 Å². The third-order valence-electron chi connectivity index (χ3n) is 14.8. The van der Waals surface area contributed by atoms with E-state index in [1.165, 1.54) is 4.88 Å². The lowest BCUT2D eigenvalue weighted by Crippen LogP contribution is -2.59. The Bertz CT molecular complexity index is 2940.